The Morgan fingerprint density at radius 3 is 2.09 bits per heavy atom. The monoisotopic (exact) mass is 533 g/mol. The van der Waals surface area contributed by atoms with Gasteiger partial charge in [0.25, 0.3) is 0 Å². The summed E-state index contributed by atoms with van der Waals surface area (Å²) in [6.45, 7) is 0. The molecule has 0 aliphatic rings. The maximum absolute atomic E-state index is 11.6. The van der Waals surface area contributed by atoms with Crippen molar-refractivity contribution in [1.29, 1.82) is 0 Å². The van der Waals surface area contributed by atoms with E-state index in [0.29, 0.717) is 12.7 Å². The number of halogens is 2. The van der Waals surface area contributed by atoms with E-state index in [2.05, 4.69) is 5.32 Å². The number of aromatic hydroxyl groups is 1. The largest absolute Gasteiger partial charge is 0.506 e. The highest BCUT2D eigenvalue weighted by molar-refractivity contribution is 14.1. The van der Waals surface area contributed by atoms with Gasteiger partial charge in [0.15, 0.2) is 0 Å². The molecule has 7 nitrogen and oxygen atoms in total. The first-order chi connectivity index (χ1) is 10.2. The number of hydrogen-bond acceptors (Lipinski definition) is 4. The van der Waals surface area contributed by atoms with E-state index in [0.717, 1.165) is 0 Å². The van der Waals surface area contributed by atoms with Crippen LogP contribution in [0.4, 0.5) is 0 Å². The average molecular weight is 533 g/mol. The van der Waals surface area contributed by atoms with Crippen LogP contribution in [0.5, 0.6) is 5.75 Å². The van der Waals surface area contributed by atoms with Crippen molar-refractivity contribution in [1.82, 2.24) is 5.32 Å². The zero-order valence-corrected chi connectivity index (χ0v) is 15.5. The molecule has 9 heteroatoms. The molecule has 22 heavy (non-hydrogen) atoms. The summed E-state index contributed by atoms with van der Waals surface area (Å²) in [5.41, 5.74) is 0.650. The number of phenols is 1. The molecule has 1 rings (SSSR count). The lowest BCUT2D eigenvalue weighted by Gasteiger charge is -2.15. The molecule has 1 atom stereocenters. The highest BCUT2D eigenvalue weighted by atomic mass is 127. The van der Waals surface area contributed by atoms with E-state index in [1.807, 2.05) is 45.2 Å². The fourth-order valence-corrected chi connectivity index (χ4v) is 3.56. The zero-order chi connectivity index (χ0) is 16.9. The summed E-state index contributed by atoms with van der Waals surface area (Å²) in [5.74, 6) is -2.83. The topological polar surface area (TPSA) is 124 Å². The molecule has 0 saturated heterocycles. The molecule has 0 radical (unpaired) electrons. The third-order valence-electron chi connectivity index (χ3n) is 2.72. The molecular formula is C13H13I2NO6. The number of carboxylic acids is 2. The second-order valence-electron chi connectivity index (χ2n) is 4.46. The van der Waals surface area contributed by atoms with Crippen molar-refractivity contribution in [2.75, 3.05) is 0 Å². The van der Waals surface area contributed by atoms with Gasteiger partial charge in [0.1, 0.15) is 11.8 Å². The molecule has 1 aromatic carbocycles. The summed E-state index contributed by atoms with van der Waals surface area (Å²) >= 11 is 3.86. The van der Waals surface area contributed by atoms with Crippen LogP contribution in [-0.4, -0.2) is 39.2 Å². The number of carbonyl (C=O) groups is 3. The Hall–Kier alpha value is -1.11. The van der Waals surface area contributed by atoms with E-state index >= 15 is 0 Å². The third-order valence-corrected chi connectivity index (χ3v) is 4.36. The van der Waals surface area contributed by atoms with Gasteiger partial charge in [-0.2, -0.15) is 0 Å². The average Bonchev–Trinajstić information content (AvgIpc) is 2.41. The highest BCUT2D eigenvalue weighted by Gasteiger charge is 2.21. The number of amides is 1. The van der Waals surface area contributed by atoms with Gasteiger partial charge in [-0.05, 0) is 62.9 Å². The summed E-state index contributed by atoms with van der Waals surface area (Å²) in [5, 5.41) is 29.7. The molecule has 0 aliphatic carbocycles. The molecule has 0 aliphatic heterocycles. The van der Waals surface area contributed by atoms with Gasteiger partial charge in [0, 0.05) is 12.8 Å². The van der Waals surface area contributed by atoms with E-state index in [1.54, 1.807) is 12.1 Å². The maximum Gasteiger partial charge on any atom is 0.326 e. The number of rotatable bonds is 7. The number of carboxylic acid groups (broad SMARTS) is 2. The number of hydrogen-bond donors (Lipinski definition) is 4. The minimum Gasteiger partial charge on any atom is -0.506 e. The summed E-state index contributed by atoms with van der Waals surface area (Å²) < 4.78 is 1.17. The van der Waals surface area contributed by atoms with Gasteiger partial charge < -0.3 is 20.6 Å². The Kier molecular flexibility index (Phi) is 7.32. The van der Waals surface area contributed by atoms with E-state index < -0.39 is 23.9 Å². The molecule has 0 fully saturated rings. The SMILES string of the molecule is O=C(O)CCC(=O)NC(Cc1cc(I)c(O)c(I)c1)C(=O)O. The van der Waals surface area contributed by atoms with Gasteiger partial charge in [-0.15, -0.1) is 0 Å². The van der Waals surface area contributed by atoms with Crippen LogP contribution in [0.2, 0.25) is 0 Å². The number of aliphatic carboxylic acids is 2. The minimum atomic E-state index is -1.21. The Labute approximate surface area is 153 Å². The zero-order valence-electron chi connectivity index (χ0n) is 11.2. The van der Waals surface area contributed by atoms with Gasteiger partial charge in [0.05, 0.1) is 13.6 Å². The fraction of sp³-hybridized carbons (Fsp3) is 0.308. The van der Waals surface area contributed by atoms with Crippen molar-refractivity contribution >= 4 is 63.0 Å². The van der Waals surface area contributed by atoms with Gasteiger partial charge in [-0.25, -0.2) is 4.79 Å². The maximum atomic E-state index is 11.6. The predicted octanol–water partition coefficient (Wildman–Crippen LogP) is 1.58. The molecule has 0 aromatic heterocycles. The molecule has 0 bridgehead atoms. The molecule has 1 unspecified atom stereocenters. The molecule has 1 amide bonds. The van der Waals surface area contributed by atoms with E-state index in [1.165, 1.54) is 0 Å². The van der Waals surface area contributed by atoms with Crippen LogP contribution in [0.3, 0.4) is 0 Å². The first kappa shape index (κ1) is 18.9. The van der Waals surface area contributed by atoms with Crippen molar-refractivity contribution in [3.05, 3.63) is 24.8 Å². The van der Waals surface area contributed by atoms with Crippen LogP contribution in [0.25, 0.3) is 0 Å². The second kappa shape index (κ2) is 8.50. The number of nitrogens with one attached hydrogen (secondary N) is 1. The second-order valence-corrected chi connectivity index (χ2v) is 6.79. The Morgan fingerprint density at radius 2 is 1.64 bits per heavy atom. The van der Waals surface area contributed by atoms with E-state index in [9.17, 15) is 19.5 Å². The number of carbonyl (C=O) groups excluding carboxylic acids is 1. The smallest absolute Gasteiger partial charge is 0.326 e. The molecular weight excluding hydrogens is 520 g/mol. The third kappa shape index (κ3) is 5.94. The molecule has 0 spiro atoms. The Bertz CT molecular complexity index is 581. The molecule has 120 valence electrons. The van der Waals surface area contributed by atoms with Crippen LogP contribution in [-0.2, 0) is 20.8 Å². The van der Waals surface area contributed by atoms with Crippen LogP contribution in [0, 0.1) is 7.14 Å². The summed E-state index contributed by atoms with van der Waals surface area (Å²) in [7, 11) is 0. The van der Waals surface area contributed by atoms with Crippen molar-refractivity contribution in [2.45, 2.75) is 25.3 Å². The summed E-state index contributed by atoms with van der Waals surface area (Å²) in [6.07, 6.45) is -0.586. The Morgan fingerprint density at radius 1 is 1.09 bits per heavy atom. The summed E-state index contributed by atoms with van der Waals surface area (Å²) in [6, 6.07) is 2.12. The number of benzene rings is 1. The molecule has 4 N–H and O–H groups in total. The van der Waals surface area contributed by atoms with Gasteiger partial charge in [-0.1, -0.05) is 0 Å². The lowest BCUT2D eigenvalue weighted by atomic mass is 10.1. The first-order valence-corrected chi connectivity index (χ1v) is 8.27. The lowest BCUT2D eigenvalue weighted by molar-refractivity contribution is -0.142. The lowest BCUT2D eigenvalue weighted by Crippen LogP contribution is -2.42. The van der Waals surface area contributed by atoms with Gasteiger partial charge >= 0.3 is 11.9 Å². The van der Waals surface area contributed by atoms with Crippen molar-refractivity contribution in [3.63, 3.8) is 0 Å². The van der Waals surface area contributed by atoms with Gasteiger partial charge in [-0.3, -0.25) is 9.59 Å². The van der Waals surface area contributed by atoms with E-state index in [-0.39, 0.29) is 25.0 Å². The van der Waals surface area contributed by atoms with Crippen LogP contribution in [0.15, 0.2) is 12.1 Å². The fourth-order valence-electron chi connectivity index (χ4n) is 1.66. The van der Waals surface area contributed by atoms with Crippen molar-refractivity contribution < 1.29 is 29.7 Å². The van der Waals surface area contributed by atoms with Crippen LogP contribution >= 0.6 is 45.2 Å². The number of phenolic OH excluding ortho intramolecular Hbond substituents is 1. The van der Waals surface area contributed by atoms with Gasteiger partial charge in [0.2, 0.25) is 5.91 Å². The van der Waals surface area contributed by atoms with Crippen molar-refractivity contribution in [2.24, 2.45) is 0 Å². The normalized spacial score (nSPS) is 11.7. The highest BCUT2D eigenvalue weighted by Crippen LogP contribution is 2.27. The van der Waals surface area contributed by atoms with Crippen LogP contribution < -0.4 is 5.32 Å². The minimum absolute atomic E-state index is 0.0421. The molecule has 0 saturated carbocycles. The molecule has 0 heterocycles. The van der Waals surface area contributed by atoms with Crippen molar-refractivity contribution in [3.8, 4) is 5.75 Å². The first-order valence-electron chi connectivity index (χ1n) is 6.11. The summed E-state index contributed by atoms with van der Waals surface area (Å²) in [4.78, 5) is 33.2. The standard InChI is InChI=1S/C13H13I2NO6/c14-7-3-6(4-8(15)12(7)20)5-9(13(21)22)16-10(17)1-2-11(18)19/h3-4,9,20H,1-2,5H2,(H,16,17)(H,18,19)(H,21,22). The Balaban J connectivity index is 2.78. The van der Waals surface area contributed by atoms with Crippen LogP contribution in [0.1, 0.15) is 18.4 Å². The molecule has 1 aromatic rings. The van der Waals surface area contributed by atoms with E-state index in [4.69, 9.17) is 10.2 Å². The predicted molar refractivity (Wildman–Crippen MR) is 93.7 cm³/mol. The quantitative estimate of drug-likeness (QED) is 0.395.